The highest BCUT2D eigenvalue weighted by molar-refractivity contribution is 5.34. The Kier molecular flexibility index (Phi) is 2.24. The number of halogens is 1. The van der Waals surface area contributed by atoms with Gasteiger partial charge in [-0.25, -0.2) is 4.39 Å². The summed E-state index contributed by atoms with van der Waals surface area (Å²) < 4.78 is 13.0. The van der Waals surface area contributed by atoms with E-state index in [0.29, 0.717) is 6.04 Å². The molecule has 1 atom stereocenters. The molecule has 2 aliphatic carbocycles. The molecule has 0 radical (unpaired) electrons. The molecular formula is C13H16FN. The van der Waals surface area contributed by atoms with Gasteiger partial charge in [0.2, 0.25) is 0 Å². The van der Waals surface area contributed by atoms with Crippen molar-refractivity contribution in [2.24, 2.45) is 5.92 Å². The second-order valence-electron chi connectivity index (χ2n) is 4.79. The number of hydrogen-bond acceptors (Lipinski definition) is 1. The van der Waals surface area contributed by atoms with E-state index in [1.165, 1.54) is 24.0 Å². The summed E-state index contributed by atoms with van der Waals surface area (Å²) in [6.07, 6.45) is 4.92. The number of benzene rings is 1. The lowest BCUT2D eigenvalue weighted by molar-refractivity contribution is 0.512. The Balaban J connectivity index is 1.72. The standard InChI is InChI=1S/C13H16FN/c14-11-4-5-12-10(7-11)3-6-13(12)15-8-9-1-2-9/h4-5,7,9,13,15H,1-3,6,8H2. The minimum Gasteiger partial charge on any atom is -0.310 e. The van der Waals surface area contributed by atoms with Crippen LogP contribution in [0.15, 0.2) is 18.2 Å². The maximum absolute atomic E-state index is 13.0. The molecule has 15 heavy (non-hydrogen) atoms. The van der Waals surface area contributed by atoms with Crippen molar-refractivity contribution in [3.8, 4) is 0 Å². The quantitative estimate of drug-likeness (QED) is 0.800. The zero-order valence-corrected chi connectivity index (χ0v) is 8.80. The molecule has 1 aromatic carbocycles. The normalized spacial score (nSPS) is 24.2. The third kappa shape index (κ3) is 1.91. The summed E-state index contributed by atoms with van der Waals surface area (Å²) in [7, 11) is 0. The van der Waals surface area contributed by atoms with Gasteiger partial charge in [0.25, 0.3) is 0 Å². The van der Waals surface area contributed by atoms with E-state index in [4.69, 9.17) is 0 Å². The molecule has 0 aliphatic heterocycles. The highest BCUT2D eigenvalue weighted by atomic mass is 19.1. The lowest BCUT2D eigenvalue weighted by atomic mass is 10.1. The minimum absolute atomic E-state index is 0.100. The van der Waals surface area contributed by atoms with Gasteiger partial charge in [-0.2, -0.15) is 0 Å². The van der Waals surface area contributed by atoms with Crippen molar-refractivity contribution in [1.29, 1.82) is 0 Å². The second-order valence-corrected chi connectivity index (χ2v) is 4.79. The summed E-state index contributed by atoms with van der Waals surface area (Å²) in [5.74, 6) is 0.811. The summed E-state index contributed by atoms with van der Waals surface area (Å²) in [6.45, 7) is 1.14. The van der Waals surface area contributed by atoms with Gasteiger partial charge in [0.1, 0.15) is 5.82 Å². The van der Waals surface area contributed by atoms with Crippen LogP contribution in [-0.4, -0.2) is 6.54 Å². The van der Waals surface area contributed by atoms with Crippen molar-refractivity contribution in [2.75, 3.05) is 6.54 Å². The van der Waals surface area contributed by atoms with Crippen LogP contribution in [0.4, 0.5) is 4.39 Å². The SMILES string of the molecule is Fc1ccc2c(c1)CCC2NCC1CC1. The van der Waals surface area contributed by atoms with Crippen LogP contribution in [0.5, 0.6) is 0 Å². The molecule has 2 aliphatic rings. The van der Waals surface area contributed by atoms with Crippen molar-refractivity contribution in [1.82, 2.24) is 5.32 Å². The fraction of sp³-hybridized carbons (Fsp3) is 0.538. The summed E-state index contributed by atoms with van der Waals surface area (Å²) in [5.41, 5.74) is 2.51. The first kappa shape index (κ1) is 9.34. The lowest BCUT2D eigenvalue weighted by Crippen LogP contribution is -2.21. The Morgan fingerprint density at radius 2 is 2.13 bits per heavy atom. The van der Waals surface area contributed by atoms with Gasteiger partial charge in [0.05, 0.1) is 0 Å². The topological polar surface area (TPSA) is 12.0 Å². The Bertz CT molecular complexity index is 371. The maximum Gasteiger partial charge on any atom is 0.123 e. The third-order valence-corrected chi connectivity index (χ3v) is 3.53. The zero-order valence-electron chi connectivity index (χ0n) is 8.80. The molecule has 1 saturated carbocycles. The molecule has 3 rings (SSSR count). The first-order valence-electron chi connectivity index (χ1n) is 5.84. The summed E-state index contributed by atoms with van der Waals surface area (Å²) >= 11 is 0. The molecule has 0 spiro atoms. The van der Waals surface area contributed by atoms with Gasteiger partial charge in [-0.1, -0.05) is 6.07 Å². The summed E-state index contributed by atoms with van der Waals surface area (Å²) in [4.78, 5) is 0. The summed E-state index contributed by atoms with van der Waals surface area (Å²) in [5, 5.41) is 3.60. The fourth-order valence-corrected chi connectivity index (χ4v) is 2.43. The Labute approximate surface area is 89.7 Å². The molecule has 0 aromatic heterocycles. The van der Waals surface area contributed by atoms with Crippen LogP contribution in [0.2, 0.25) is 0 Å². The molecule has 0 bridgehead atoms. The molecule has 1 fully saturated rings. The van der Waals surface area contributed by atoms with Crippen LogP contribution >= 0.6 is 0 Å². The molecule has 0 heterocycles. The summed E-state index contributed by atoms with van der Waals surface area (Å²) in [6, 6.07) is 5.69. The number of rotatable bonds is 3. The van der Waals surface area contributed by atoms with Crippen molar-refractivity contribution >= 4 is 0 Å². The fourth-order valence-electron chi connectivity index (χ4n) is 2.43. The Hall–Kier alpha value is -0.890. The van der Waals surface area contributed by atoms with E-state index >= 15 is 0 Å². The van der Waals surface area contributed by atoms with Gasteiger partial charge in [-0.3, -0.25) is 0 Å². The average Bonchev–Trinajstić information content (AvgIpc) is 2.97. The molecule has 1 N–H and O–H groups in total. The van der Waals surface area contributed by atoms with Gasteiger partial charge in [0.15, 0.2) is 0 Å². The second kappa shape index (κ2) is 3.60. The Morgan fingerprint density at radius 1 is 1.27 bits per heavy atom. The molecule has 1 nitrogen and oxygen atoms in total. The van der Waals surface area contributed by atoms with E-state index < -0.39 is 0 Å². The van der Waals surface area contributed by atoms with Crippen molar-refractivity contribution in [2.45, 2.75) is 31.7 Å². The minimum atomic E-state index is -0.100. The van der Waals surface area contributed by atoms with Gasteiger partial charge in [-0.05, 0) is 61.4 Å². The molecule has 2 heteroatoms. The van der Waals surface area contributed by atoms with Gasteiger partial charge < -0.3 is 5.32 Å². The number of hydrogen-bond donors (Lipinski definition) is 1. The molecule has 80 valence electrons. The molecular weight excluding hydrogens is 189 g/mol. The number of aryl methyl sites for hydroxylation is 1. The smallest absolute Gasteiger partial charge is 0.123 e. The van der Waals surface area contributed by atoms with Gasteiger partial charge >= 0.3 is 0 Å². The molecule has 1 aromatic rings. The van der Waals surface area contributed by atoms with E-state index in [2.05, 4.69) is 5.32 Å². The monoisotopic (exact) mass is 205 g/mol. The van der Waals surface area contributed by atoms with Crippen LogP contribution < -0.4 is 5.32 Å². The lowest BCUT2D eigenvalue weighted by Gasteiger charge is -2.13. The first-order chi connectivity index (χ1) is 7.33. The van der Waals surface area contributed by atoms with Crippen LogP contribution in [0.3, 0.4) is 0 Å². The molecule has 0 saturated heterocycles. The zero-order chi connectivity index (χ0) is 10.3. The van der Waals surface area contributed by atoms with Crippen LogP contribution in [0, 0.1) is 11.7 Å². The van der Waals surface area contributed by atoms with E-state index in [1.807, 2.05) is 6.07 Å². The largest absolute Gasteiger partial charge is 0.310 e. The first-order valence-corrected chi connectivity index (χ1v) is 5.84. The highest BCUT2D eigenvalue weighted by Gasteiger charge is 2.26. The molecule has 1 unspecified atom stereocenters. The van der Waals surface area contributed by atoms with Gasteiger partial charge in [-0.15, -0.1) is 0 Å². The van der Waals surface area contributed by atoms with Crippen molar-refractivity contribution in [3.05, 3.63) is 35.1 Å². The van der Waals surface area contributed by atoms with E-state index in [1.54, 1.807) is 12.1 Å². The highest BCUT2D eigenvalue weighted by Crippen LogP contribution is 2.33. The van der Waals surface area contributed by atoms with Crippen LogP contribution in [0.1, 0.15) is 36.4 Å². The Morgan fingerprint density at radius 3 is 2.93 bits per heavy atom. The number of nitrogens with one attached hydrogen (secondary N) is 1. The van der Waals surface area contributed by atoms with Crippen molar-refractivity contribution < 1.29 is 4.39 Å². The van der Waals surface area contributed by atoms with Crippen LogP contribution in [0.25, 0.3) is 0 Å². The van der Waals surface area contributed by atoms with E-state index in [-0.39, 0.29) is 5.82 Å². The van der Waals surface area contributed by atoms with E-state index in [0.717, 1.165) is 25.3 Å². The van der Waals surface area contributed by atoms with Gasteiger partial charge in [0, 0.05) is 6.04 Å². The molecule has 0 amide bonds. The van der Waals surface area contributed by atoms with Crippen molar-refractivity contribution in [3.63, 3.8) is 0 Å². The maximum atomic E-state index is 13.0. The van der Waals surface area contributed by atoms with E-state index in [9.17, 15) is 4.39 Å². The third-order valence-electron chi connectivity index (χ3n) is 3.53. The average molecular weight is 205 g/mol. The van der Waals surface area contributed by atoms with Crippen LogP contribution in [-0.2, 0) is 6.42 Å². The predicted octanol–water partition coefficient (Wildman–Crippen LogP) is 2.81. The number of fused-ring (bicyclic) bond motifs is 1. The predicted molar refractivity (Wildman–Crippen MR) is 58.2 cm³/mol.